The van der Waals surface area contributed by atoms with Gasteiger partial charge in [-0.3, -0.25) is 0 Å². The maximum absolute atomic E-state index is 9.61. The molecule has 0 amide bonds. The molecule has 0 aliphatic carbocycles. The van der Waals surface area contributed by atoms with Crippen molar-refractivity contribution in [1.82, 2.24) is 9.97 Å². The van der Waals surface area contributed by atoms with Crippen LogP contribution in [0.15, 0.2) is 36.7 Å². The predicted octanol–water partition coefficient (Wildman–Crippen LogP) is 2.79. The van der Waals surface area contributed by atoms with Gasteiger partial charge in [-0.1, -0.05) is 30.3 Å². The Morgan fingerprint density at radius 2 is 2.00 bits per heavy atom. The molecule has 0 saturated carbocycles. The lowest BCUT2D eigenvalue weighted by atomic mass is 10.1. The van der Waals surface area contributed by atoms with Gasteiger partial charge in [0.15, 0.2) is 0 Å². The molecule has 4 nitrogen and oxygen atoms in total. The Morgan fingerprint density at radius 3 is 2.68 bits per heavy atom. The molecular formula is C14H16IN3O. The molecule has 1 unspecified atom stereocenters. The molecule has 1 aromatic carbocycles. The van der Waals surface area contributed by atoms with Gasteiger partial charge < -0.3 is 10.4 Å². The van der Waals surface area contributed by atoms with Crippen LogP contribution in [0, 0.1) is 3.57 Å². The number of aromatic nitrogens is 2. The van der Waals surface area contributed by atoms with Gasteiger partial charge in [0.1, 0.15) is 12.1 Å². The Labute approximate surface area is 126 Å². The summed E-state index contributed by atoms with van der Waals surface area (Å²) in [5.74, 6) is 0.780. The minimum absolute atomic E-state index is 0.579. The first-order chi connectivity index (χ1) is 9.18. The zero-order valence-electron chi connectivity index (χ0n) is 10.7. The zero-order chi connectivity index (χ0) is 13.7. The number of aliphatic hydroxyl groups is 1. The monoisotopic (exact) mass is 369 g/mol. The average molecular weight is 369 g/mol. The molecule has 0 aliphatic rings. The number of hydrogen-bond donors (Lipinski definition) is 2. The summed E-state index contributed by atoms with van der Waals surface area (Å²) in [6, 6.07) is 10.3. The van der Waals surface area contributed by atoms with E-state index < -0.39 is 6.10 Å². The molecule has 2 N–H and O–H groups in total. The second kappa shape index (κ2) is 6.81. The molecule has 0 aliphatic heterocycles. The third kappa shape index (κ3) is 3.87. The van der Waals surface area contributed by atoms with E-state index in [1.165, 1.54) is 11.9 Å². The van der Waals surface area contributed by atoms with Crippen molar-refractivity contribution in [2.75, 3.05) is 11.9 Å². The lowest BCUT2D eigenvalue weighted by Crippen LogP contribution is -2.10. The van der Waals surface area contributed by atoms with Crippen LogP contribution in [0.3, 0.4) is 0 Å². The normalized spacial score (nSPS) is 12.2. The van der Waals surface area contributed by atoms with E-state index >= 15 is 0 Å². The first-order valence-electron chi connectivity index (χ1n) is 6.14. The summed E-state index contributed by atoms with van der Waals surface area (Å²) in [6.07, 6.45) is 1.84. The highest BCUT2D eigenvalue weighted by Gasteiger charge is 2.12. The van der Waals surface area contributed by atoms with Crippen molar-refractivity contribution in [1.29, 1.82) is 0 Å². The van der Waals surface area contributed by atoms with Gasteiger partial charge >= 0.3 is 0 Å². The standard InChI is InChI=1S/C14H16IN3O/c1-10(19)13-12(15)14(18-9-17-13)16-8-7-11-5-3-2-4-6-11/h2-6,9-10,19H,7-8H2,1H3,(H,16,17,18). The van der Waals surface area contributed by atoms with E-state index in [4.69, 9.17) is 0 Å². The Balaban J connectivity index is 1.98. The van der Waals surface area contributed by atoms with Gasteiger partial charge in [-0.25, -0.2) is 9.97 Å². The van der Waals surface area contributed by atoms with Crippen LogP contribution in [0.25, 0.3) is 0 Å². The highest BCUT2D eigenvalue weighted by atomic mass is 127. The third-order valence-corrected chi connectivity index (χ3v) is 3.82. The highest BCUT2D eigenvalue weighted by molar-refractivity contribution is 14.1. The summed E-state index contributed by atoms with van der Waals surface area (Å²) in [7, 11) is 0. The van der Waals surface area contributed by atoms with Gasteiger partial charge in [0, 0.05) is 6.54 Å². The van der Waals surface area contributed by atoms with Crippen LogP contribution in [-0.2, 0) is 6.42 Å². The minimum atomic E-state index is -0.579. The van der Waals surface area contributed by atoms with E-state index in [1.807, 2.05) is 18.2 Å². The minimum Gasteiger partial charge on any atom is -0.387 e. The summed E-state index contributed by atoms with van der Waals surface area (Å²) in [4.78, 5) is 8.31. The molecule has 2 rings (SSSR count). The summed E-state index contributed by atoms with van der Waals surface area (Å²) in [6.45, 7) is 2.51. The number of benzene rings is 1. The van der Waals surface area contributed by atoms with Crippen molar-refractivity contribution >= 4 is 28.4 Å². The van der Waals surface area contributed by atoms with E-state index in [0.717, 1.165) is 22.4 Å². The first kappa shape index (κ1) is 14.2. The quantitative estimate of drug-likeness (QED) is 0.796. The van der Waals surface area contributed by atoms with Crippen LogP contribution in [0.5, 0.6) is 0 Å². The van der Waals surface area contributed by atoms with Crippen LogP contribution >= 0.6 is 22.6 Å². The molecule has 5 heteroatoms. The topological polar surface area (TPSA) is 58.0 Å². The maximum atomic E-state index is 9.61. The van der Waals surface area contributed by atoms with E-state index in [0.29, 0.717) is 5.69 Å². The van der Waals surface area contributed by atoms with Gasteiger partial charge in [0.2, 0.25) is 0 Å². The van der Waals surface area contributed by atoms with Crippen molar-refractivity contribution in [3.8, 4) is 0 Å². The number of nitrogens with one attached hydrogen (secondary N) is 1. The Morgan fingerprint density at radius 1 is 1.26 bits per heavy atom. The second-order valence-corrected chi connectivity index (χ2v) is 5.34. The van der Waals surface area contributed by atoms with Crippen LogP contribution in [0.1, 0.15) is 24.3 Å². The fourth-order valence-corrected chi connectivity index (χ4v) is 2.69. The van der Waals surface area contributed by atoms with E-state index in [-0.39, 0.29) is 0 Å². The highest BCUT2D eigenvalue weighted by Crippen LogP contribution is 2.22. The van der Waals surface area contributed by atoms with Crippen molar-refractivity contribution < 1.29 is 5.11 Å². The molecule has 0 radical (unpaired) electrons. The molecular weight excluding hydrogens is 353 g/mol. The molecule has 1 aromatic heterocycles. The van der Waals surface area contributed by atoms with Crippen LogP contribution in [-0.4, -0.2) is 21.6 Å². The van der Waals surface area contributed by atoms with Crippen LogP contribution in [0.2, 0.25) is 0 Å². The third-order valence-electron chi connectivity index (χ3n) is 2.76. The lowest BCUT2D eigenvalue weighted by Gasteiger charge is -2.11. The molecule has 0 saturated heterocycles. The van der Waals surface area contributed by atoms with E-state index in [9.17, 15) is 5.11 Å². The SMILES string of the molecule is CC(O)c1ncnc(NCCc2ccccc2)c1I. The number of halogens is 1. The Kier molecular flexibility index (Phi) is 5.09. The average Bonchev–Trinajstić information content (AvgIpc) is 2.41. The van der Waals surface area contributed by atoms with E-state index in [1.54, 1.807) is 6.92 Å². The predicted molar refractivity (Wildman–Crippen MR) is 84.0 cm³/mol. The van der Waals surface area contributed by atoms with Gasteiger partial charge in [-0.15, -0.1) is 0 Å². The summed E-state index contributed by atoms with van der Waals surface area (Å²) in [5, 5.41) is 12.9. The fraction of sp³-hybridized carbons (Fsp3) is 0.286. The molecule has 0 spiro atoms. The smallest absolute Gasteiger partial charge is 0.143 e. The van der Waals surface area contributed by atoms with E-state index in [2.05, 4.69) is 50.0 Å². The molecule has 2 aromatic rings. The first-order valence-corrected chi connectivity index (χ1v) is 7.22. The molecule has 19 heavy (non-hydrogen) atoms. The zero-order valence-corrected chi connectivity index (χ0v) is 12.8. The molecule has 0 bridgehead atoms. The van der Waals surface area contributed by atoms with Crippen LogP contribution < -0.4 is 5.32 Å². The Bertz CT molecular complexity index is 531. The number of rotatable bonds is 5. The number of nitrogens with zero attached hydrogens (tertiary/aromatic N) is 2. The van der Waals surface area contributed by atoms with Crippen molar-refractivity contribution in [2.45, 2.75) is 19.4 Å². The molecule has 0 fully saturated rings. The molecule has 1 heterocycles. The van der Waals surface area contributed by atoms with Gasteiger partial charge in [-0.05, 0) is 41.5 Å². The summed E-state index contributed by atoms with van der Waals surface area (Å²) < 4.78 is 0.878. The summed E-state index contributed by atoms with van der Waals surface area (Å²) in [5.41, 5.74) is 1.95. The fourth-order valence-electron chi connectivity index (χ4n) is 1.77. The molecule has 1 atom stereocenters. The lowest BCUT2D eigenvalue weighted by molar-refractivity contribution is 0.193. The van der Waals surface area contributed by atoms with Gasteiger partial charge in [0.05, 0.1) is 15.4 Å². The van der Waals surface area contributed by atoms with Gasteiger partial charge in [0.25, 0.3) is 0 Å². The second-order valence-electron chi connectivity index (χ2n) is 4.26. The van der Waals surface area contributed by atoms with Crippen molar-refractivity contribution in [3.05, 3.63) is 51.5 Å². The maximum Gasteiger partial charge on any atom is 0.143 e. The van der Waals surface area contributed by atoms with Crippen molar-refractivity contribution in [2.24, 2.45) is 0 Å². The van der Waals surface area contributed by atoms with Crippen molar-refractivity contribution in [3.63, 3.8) is 0 Å². The summed E-state index contributed by atoms with van der Waals surface area (Å²) >= 11 is 2.16. The van der Waals surface area contributed by atoms with Gasteiger partial charge in [-0.2, -0.15) is 0 Å². The largest absolute Gasteiger partial charge is 0.387 e. The Hall–Kier alpha value is -1.21. The number of anilines is 1. The number of hydrogen-bond acceptors (Lipinski definition) is 4. The number of aliphatic hydroxyl groups excluding tert-OH is 1. The van der Waals surface area contributed by atoms with Crippen LogP contribution in [0.4, 0.5) is 5.82 Å². The molecule has 100 valence electrons.